The second kappa shape index (κ2) is 7.77. The third-order valence-corrected chi connectivity index (χ3v) is 5.66. The van der Waals surface area contributed by atoms with Gasteiger partial charge in [0, 0.05) is 11.4 Å². The molecule has 0 saturated heterocycles. The summed E-state index contributed by atoms with van der Waals surface area (Å²) in [5.74, 6) is 0.677. The van der Waals surface area contributed by atoms with E-state index < -0.39 is 0 Å². The number of thioether (sulfide) groups is 1. The van der Waals surface area contributed by atoms with E-state index in [-0.39, 0.29) is 23.7 Å². The number of fused-ring (bicyclic) bond motifs is 1. The van der Waals surface area contributed by atoms with Crippen LogP contribution in [0.3, 0.4) is 0 Å². The van der Waals surface area contributed by atoms with E-state index in [1.807, 2.05) is 43.3 Å². The highest BCUT2D eigenvalue weighted by atomic mass is 32.2. The highest BCUT2D eigenvalue weighted by molar-refractivity contribution is 8.00. The molecule has 0 aliphatic carbocycles. The minimum absolute atomic E-state index is 0.0252. The van der Waals surface area contributed by atoms with E-state index in [0.29, 0.717) is 18.0 Å². The van der Waals surface area contributed by atoms with Gasteiger partial charge in [-0.2, -0.15) is 0 Å². The van der Waals surface area contributed by atoms with Crippen molar-refractivity contribution in [2.75, 3.05) is 17.2 Å². The summed E-state index contributed by atoms with van der Waals surface area (Å²) in [6.07, 6.45) is 0.158. The van der Waals surface area contributed by atoms with Gasteiger partial charge in [0.05, 0.1) is 17.9 Å². The number of hydrogen-bond donors (Lipinski definition) is 0. The average Bonchev–Trinajstić information content (AvgIpc) is 2.61. The van der Waals surface area contributed by atoms with Crippen molar-refractivity contribution in [3.8, 4) is 5.75 Å². The number of amides is 1. The van der Waals surface area contributed by atoms with E-state index in [1.165, 1.54) is 17.3 Å². The van der Waals surface area contributed by atoms with E-state index in [9.17, 15) is 9.59 Å². The monoisotopic (exact) mass is 383 g/mol. The highest BCUT2D eigenvalue weighted by Crippen LogP contribution is 2.35. The Morgan fingerprint density at radius 1 is 1.19 bits per heavy atom. The Bertz CT molecular complexity index is 870. The number of nitrogens with zero attached hydrogens (tertiary/aromatic N) is 1. The molecule has 142 valence electrons. The zero-order valence-corrected chi connectivity index (χ0v) is 17.1. The predicted molar refractivity (Wildman–Crippen MR) is 110 cm³/mol. The Morgan fingerprint density at radius 2 is 1.93 bits per heavy atom. The number of rotatable bonds is 4. The summed E-state index contributed by atoms with van der Waals surface area (Å²) >= 11 is 1.54. The molecule has 1 aliphatic heterocycles. The van der Waals surface area contributed by atoms with Crippen LogP contribution in [0.1, 0.15) is 38.3 Å². The van der Waals surface area contributed by atoms with Crippen molar-refractivity contribution < 1.29 is 14.3 Å². The third-order valence-electron chi connectivity index (χ3n) is 4.61. The summed E-state index contributed by atoms with van der Waals surface area (Å²) in [6.45, 7) is 8.73. The molecule has 0 aromatic heterocycles. The van der Waals surface area contributed by atoms with Crippen molar-refractivity contribution in [2.45, 2.75) is 44.4 Å². The van der Waals surface area contributed by atoms with Gasteiger partial charge in [-0.05, 0) is 41.7 Å². The molecule has 3 rings (SSSR count). The standard InChI is InChI=1S/C22H25NO3S/c1-15-13-16(22(2,3)4)9-10-18(15)26-21(25)11-12-23-17-7-5-6-8-19(17)27-14-20(23)24/h5-10,13H,11-12,14H2,1-4H3. The SMILES string of the molecule is Cc1cc(C(C)(C)C)ccc1OC(=O)CCN1C(=O)CSc2ccccc21. The number of esters is 1. The van der Waals surface area contributed by atoms with Crippen LogP contribution < -0.4 is 9.64 Å². The molecule has 4 nitrogen and oxygen atoms in total. The van der Waals surface area contributed by atoms with Gasteiger partial charge in [-0.1, -0.05) is 45.0 Å². The molecule has 0 bridgehead atoms. The molecule has 0 unspecified atom stereocenters. The van der Waals surface area contributed by atoms with Gasteiger partial charge < -0.3 is 9.64 Å². The summed E-state index contributed by atoms with van der Waals surface area (Å²) in [5.41, 5.74) is 3.06. The maximum atomic E-state index is 12.3. The average molecular weight is 384 g/mol. The van der Waals surface area contributed by atoms with E-state index in [2.05, 4.69) is 26.8 Å². The van der Waals surface area contributed by atoms with Gasteiger partial charge in [-0.15, -0.1) is 11.8 Å². The Balaban J connectivity index is 1.65. The number of aryl methyl sites for hydroxylation is 1. The van der Waals surface area contributed by atoms with Gasteiger partial charge in [0.2, 0.25) is 5.91 Å². The van der Waals surface area contributed by atoms with Crippen molar-refractivity contribution in [3.05, 3.63) is 53.6 Å². The molecular formula is C22H25NO3S. The first-order valence-corrected chi connectivity index (χ1v) is 10.1. The molecule has 2 aromatic carbocycles. The lowest BCUT2D eigenvalue weighted by atomic mass is 9.86. The van der Waals surface area contributed by atoms with Crippen molar-refractivity contribution in [1.29, 1.82) is 0 Å². The lowest BCUT2D eigenvalue weighted by Gasteiger charge is -2.28. The zero-order valence-electron chi connectivity index (χ0n) is 16.2. The van der Waals surface area contributed by atoms with E-state index >= 15 is 0 Å². The van der Waals surface area contributed by atoms with Gasteiger partial charge in [0.15, 0.2) is 0 Å². The maximum absolute atomic E-state index is 12.3. The largest absolute Gasteiger partial charge is 0.426 e. The normalized spacial score (nSPS) is 14.1. The number of para-hydroxylation sites is 1. The van der Waals surface area contributed by atoms with Crippen LogP contribution in [0.4, 0.5) is 5.69 Å². The van der Waals surface area contributed by atoms with Crippen LogP contribution in [0, 0.1) is 6.92 Å². The second-order valence-corrected chi connectivity index (χ2v) is 8.77. The molecule has 0 atom stereocenters. The lowest BCUT2D eigenvalue weighted by Crippen LogP contribution is -2.37. The van der Waals surface area contributed by atoms with Crippen LogP contribution in [-0.2, 0) is 15.0 Å². The molecule has 0 N–H and O–H groups in total. The van der Waals surface area contributed by atoms with Gasteiger partial charge in [0.1, 0.15) is 5.75 Å². The van der Waals surface area contributed by atoms with Gasteiger partial charge >= 0.3 is 5.97 Å². The number of ether oxygens (including phenoxy) is 1. The van der Waals surface area contributed by atoms with Crippen LogP contribution in [0.15, 0.2) is 47.4 Å². The Labute approximate surface area is 164 Å². The molecule has 1 amide bonds. The summed E-state index contributed by atoms with van der Waals surface area (Å²) in [7, 11) is 0. The molecule has 2 aromatic rings. The fourth-order valence-electron chi connectivity index (χ4n) is 3.01. The second-order valence-electron chi connectivity index (χ2n) is 7.76. The van der Waals surface area contributed by atoms with Crippen molar-refractivity contribution in [1.82, 2.24) is 0 Å². The van der Waals surface area contributed by atoms with E-state index in [0.717, 1.165) is 16.1 Å². The minimum atomic E-state index is -0.329. The summed E-state index contributed by atoms with van der Waals surface area (Å²) in [4.78, 5) is 27.4. The summed E-state index contributed by atoms with van der Waals surface area (Å²) in [6, 6.07) is 13.7. The maximum Gasteiger partial charge on any atom is 0.313 e. The Kier molecular flexibility index (Phi) is 5.61. The highest BCUT2D eigenvalue weighted by Gasteiger charge is 2.25. The minimum Gasteiger partial charge on any atom is -0.426 e. The van der Waals surface area contributed by atoms with Crippen molar-refractivity contribution in [2.24, 2.45) is 0 Å². The fraction of sp³-hybridized carbons (Fsp3) is 0.364. The third kappa shape index (κ3) is 4.53. The first-order valence-electron chi connectivity index (χ1n) is 9.10. The molecule has 0 saturated carbocycles. The topological polar surface area (TPSA) is 46.6 Å². The van der Waals surface area contributed by atoms with Gasteiger partial charge in [0.25, 0.3) is 0 Å². The van der Waals surface area contributed by atoms with E-state index in [4.69, 9.17) is 4.74 Å². The molecule has 0 spiro atoms. The van der Waals surface area contributed by atoms with Crippen LogP contribution in [0.25, 0.3) is 0 Å². The Morgan fingerprint density at radius 3 is 2.63 bits per heavy atom. The molecule has 0 fully saturated rings. The quantitative estimate of drug-likeness (QED) is 0.566. The van der Waals surface area contributed by atoms with Gasteiger partial charge in [-0.3, -0.25) is 9.59 Å². The predicted octanol–water partition coefficient (Wildman–Crippen LogP) is 4.73. The van der Waals surface area contributed by atoms with Crippen LogP contribution >= 0.6 is 11.8 Å². The van der Waals surface area contributed by atoms with Crippen LogP contribution in [-0.4, -0.2) is 24.2 Å². The van der Waals surface area contributed by atoms with Crippen LogP contribution in [0.2, 0.25) is 0 Å². The number of carbonyl (C=O) groups is 2. The lowest BCUT2D eigenvalue weighted by molar-refractivity contribution is -0.134. The zero-order chi connectivity index (χ0) is 19.6. The molecule has 0 radical (unpaired) electrons. The number of carbonyl (C=O) groups excluding carboxylic acids is 2. The van der Waals surface area contributed by atoms with Crippen molar-refractivity contribution >= 4 is 29.3 Å². The van der Waals surface area contributed by atoms with Crippen molar-refractivity contribution in [3.63, 3.8) is 0 Å². The first-order chi connectivity index (χ1) is 12.8. The van der Waals surface area contributed by atoms with Gasteiger partial charge in [-0.25, -0.2) is 0 Å². The fourth-order valence-corrected chi connectivity index (χ4v) is 3.94. The molecule has 1 aliphatic rings. The number of anilines is 1. The molecule has 5 heteroatoms. The molecule has 1 heterocycles. The first kappa shape index (κ1) is 19.5. The summed E-state index contributed by atoms with van der Waals surface area (Å²) in [5, 5.41) is 0. The summed E-state index contributed by atoms with van der Waals surface area (Å²) < 4.78 is 5.54. The van der Waals surface area contributed by atoms with E-state index in [1.54, 1.807) is 4.90 Å². The smallest absolute Gasteiger partial charge is 0.313 e. The number of hydrogen-bond acceptors (Lipinski definition) is 4. The number of benzene rings is 2. The molecule has 27 heavy (non-hydrogen) atoms. The molecular weight excluding hydrogens is 358 g/mol. The van der Waals surface area contributed by atoms with Crippen LogP contribution in [0.5, 0.6) is 5.75 Å². The Hall–Kier alpha value is -2.27.